The highest BCUT2D eigenvalue weighted by Crippen LogP contribution is 2.39. The third-order valence-electron chi connectivity index (χ3n) is 3.00. The fourth-order valence-corrected chi connectivity index (χ4v) is 2.32. The van der Waals surface area contributed by atoms with E-state index in [1.807, 2.05) is 0 Å². The molecule has 2 rings (SSSR count). The van der Waals surface area contributed by atoms with Crippen molar-refractivity contribution >= 4 is 0 Å². The number of fused-ring (bicyclic) bond motifs is 1. The molecule has 0 amide bonds. The van der Waals surface area contributed by atoms with E-state index in [4.69, 9.17) is 0 Å². The van der Waals surface area contributed by atoms with Crippen LogP contribution in [0.25, 0.3) is 0 Å². The van der Waals surface area contributed by atoms with E-state index in [-0.39, 0.29) is 0 Å². The third-order valence-corrected chi connectivity index (χ3v) is 3.00. The fourth-order valence-electron chi connectivity index (χ4n) is 2.32. The number of hydrogen-bond donors (Lipinski definition) is 2. The van der Waals surface area contributed by atoms with E-state index in [1.165, 1.54) is 0 Å². The van der Waals surface area contributed by atoms with Gasteiger partial charge in [0, 0.05) is 0 Å². The van der Waals surface area contributed by atoms with Gasteiger partial charge in [0.25, 0.3) is 0 Å². The Hall–Kier alpha value is -0.340. The van der Waals surface area contributed by atoms with Gasteiger partial charge in [-0.25, -0.2) is 0 Å². The molecule has 2 aliphatic rings. The molecule has 0 aromatic heterocycles. The van der Waals surface area contributed by atoms with Crippen LogP contribution in [0.1, 0.15) is 19.3 Å². The number of aliphatic hydroxyl groups excluding tert-OH is 2. The molecule has 1 fully saturated rings. The fraction of sp³-hybridized carbons (Fsp3) is 0.778. The number of rotatable bonds is 0. The lowest BCUT2D eigenvalue weighted by Gasteiger charge is -2.22. The van der Waals surface area contributed by atoms with Crippen molar-refractivity contribution in [1.82, 2.24) is 0 Å². The number of hydrogen-bond acceptors (Lipinski definition) is 2. The second-order valence-corrected chi connectivity index (χ2v) is 3.66. The van der Waals surface area contributed by atoms with Crippen molar-refractivity contribution in [3.8, 4) is 0 Å². The van der Waals surface area contributed by atoms with Crippen LogP contribution in [0.2, 0.25) is 0 Å². The first kappa shape index (κ1) is 7.32. The molecule has 0 aromatic rings. The molecule has 4 atom stereocenters. The molecule has 0 unspecified atom stereocenters. The Labute approximate surface area is 66.5 Å². The molecule has 1 saturated carbocycles. The van der Waals surface area contributed by atoms with Gasteiger partial charge in [0.05, 0.1) is 12.2 Å². The molecule has 62 valence electrons. The van der Waals surface area contributed by atoms with Crippen LogP contribution in [0.3, 0.4) is 0 Å². The van der Waals surface area contributed by atoms with E-state index >= 15 is 0 Å². The van der Waals surface area contributed by atoms with Gasteiger partial charge in [0.15, 0.2) is 0 Å². The maximum atomic E-state index is 9.51. The summed E-state index contributed by atoms with van der Waals surface area (Å²) in [4.78, 5) is 0. The molecule has 2 nitrogen and oxygen atoms in total. The van der Waals surface area contributed by atoms with Crippen molar-refractivity contribution in [3.63, 3.8) is 0 Å². The van der Waals surface area contributed by atoms with Gasteiger partial charge in [-0.2, -0.15) is 0 Å². The Balaban J connectivity index is 2.12. The van der Waals surface area contributed by atoms with E-state index in [1.54, 1.807) is 0 Å². The lowest BCUT2D eigenvalue weighted by molar-refractivity contribution is 0.0194. The second kappa shape index (κ2) is 2.61. The lowest BCUT2D eigenvalue weighted by Crippen LogP contribution is -2.26. The van der Waals surface area contributed by atoms with Gasteiger partial charge < -0.3 is 10.2 Å². The molecule has 0 radical (unpaired) electrons. The molecule has 0 bridgehead atoms. The average Bonchev–Trinajstić information content (AvgIpc) is 2.30. The Morgan fingerprint density at radius 1 is 1.09 bits per heavy atom. The second-order valence-electron chi connectivity index (χ2n) is 3.66. The van der Waals surface area contributed by atoms with Crippen LogP contribution in [0.5, 0.6) is 0 Å². The Morgan fingerprint density at radius 2 is 1.82 bits per heavy atom. The topological polar surface area (TPSA) is 40.5 Å². The molecule has 2 N–H and O–H groups in total. The zero-order chi connectivity index (χ0) is 7.84. The maximum absolute atomic E-state index is 9.51. The molecule has 2 heteroatoms. The summed E-state index contributed by atoms with van der Waals surface area (Å²) in [5, 5.41) is 18.9. The summed E-state index contributed by atoms with van der Waals surface area (Å²) >= 11 is 0. The van der Waals surface area contributed by atoms with Crippen LogP contribution < -0.4 is 0 Å². The molecular weight excluding hydrogens is 140 g/mol. The minimum Gasteiger partial charge on any atom is -0.390 e. The molecule has 0 aromatic carbocycles. The standard InChI is InChI=1S/C9H14O2/c10-8-5-6-3-1-2-4-7(6)9(8)11/h1-2,6-11H,3-5H2/t6-,7-,8-,9+/m0/s1. The Kier molecular flexibility index (Phi) is 1.74. The molecular formula is C9H14O2. The summed E-state index contributed by atoms with van der Waals surface area (Å²) in [6, 6.07) is 0. The predicted octanol–water partition coefficient (Wildman–Crippen LogP) is 0.694. The molecule has 0 heterocycles. The quantitative estimate of drug-likeness (QED) is 0.504. The highest BCUT2D eigenvalue weighted by atomic mass is 16.3. The maximum Gasteiger partial charge on any atom is 0.0833 e. The van der Waals surface area contributed by atoms with Crippen molar-refractivity contribution in [2.45, 2.75) is 31.5 Å². The van der Waals surface area contributed by atoms with Crippen molar-refractivity contribution < 1.29 is 10.2 Å². The van der Waals surface area contributed by atoms with E-state index in [0.29, 0.717) is 11.8 Å². The smallest absolute Gasteiger partial charge is 0.0833 e. The van der Waals surface area contributed by atoms with Crippen LogP contribution in [0.15, 0.2) is 12.2 Å². The summed E-state index contributed by atoms with van der Waals surface area (Å²) < 4.78 is 0. The molecule has 2 aliphatic carbocycles. The first-order valence-electron chi connectivity index (χ1n) is 4.30. The predicted molar refractivity (Wildman–Crippen MR) is 42.0 cm³/mol. The normalized spacial score (nSPS) is 49.3. The number of aliphatic hydroxyl groups is 2. The van der Waals surface area contributed by atoms with Gasteiger partial charge in [0.1, 0.15) is 0 Å². The van der Waals surface area contributed by atoms with Gasteiger partial charge in [-0.15, -0.1) is 0 Å². The minimum atomic E-state index is -0.468. The van der Waals surface area contributed by atoms with E-state index < -0.39 is 12.2 Å². The number of allylic oxidation sites excluding steroid dienone is 2. The molecule has 0 aliphatic heterocycles. The monoisotopic (exact) mass is 154 g/mol. The van der Waals surface area contributed by atoms with Crippen LogP contribution in [0, 0.1) is 11.8 Å². The summed E-state index contributed by atoms with van der Waals surface area (Å²) in [6.45, 7) is 0. The third kappa shape index (κ3) is 1.10. The van der Waals surface area contributed by atoms with Gasteiger partial charge in [0.2, 0.25) is 0 Å². The summed E-state index contributed by atoms with van der Waals surface area (Å²) in [5.41, 5.74) is 0. The SMILES string of the molecule is O[C@@H]1[C@H]2CC=CC[C@H]2C[C@@H]1O. The molecule has 11 heavy (non-hydrogen) atoms. The van der Waals surface area contributed by atoms with E-state index in [0.717, 1.165) is 19.3 Å². The van der Waals surface area contributed by atoms with Crippen LogP contribution in [-0.4, -0.2) is 22.4 Å². The Bertz CT molecular complexity index is 176. The van der Waals surface area contributed by atoms with Crippen LogP contribution in [-0.2, 0) is 0 Å². The lowest BCUT2D eigenvalue weighted by atomic mass is 9.85. The first-order valence-corrected chi connectivity index (χ1v) is 4.30. The van der Waals surface area contributed by atoms with E-state index in [2.05, 4.69) is 12.2 Å². The van der Waals surface area contributed by atoms with Crippen molar-refractivity contribution in [2.24, 2.45) is 11.8 Å². The van der Waals surface area contributed by atoms with Gasteiger partial charge in [-0.05, 0) is 31.1 Å². The first-order chi connectivity index (χ1) is 5.29. The molecule has 0 saturated heterocycles. The van der Waals surface area contributed by atoms with Gasteiger partial charge in [-0.3, -0.25) is 0 Å². The average molecular weight is 154 g/mol. The zero-order valence-electron chi connectivity index (χ0n) is 6.48. The van der Waals surface area contributed by atoms with Crippen molar-refractivity contribution in [3.05, 3.63) is 12.2 Å². The highest BCUT2D eigenvalue weighted by molar-refractivity contribution is 5.02. The minimum absolute atomic E-state index is 0.329. The van der Waals surface area contributed by atoms with Crippen molar-refractivity contribution in [1.29, 1.82) is 0 Å². The van der Waals surface area contributed by atoms with Crippen molar-refractivity contribution in [2.75, 3.05) is 0 Å². The van der Waals surface area contributed by atoms with Gasteiger partial charge in [-0.1, -0.05) is 12.2 Å². The van der Waals surface area contributed by atoms with Gasteiger partial charge >= 0.3 is 0 Å². The van der Waals surface area contributed by atoms with Crippen LogP contribution >= 0.6 is 0 Å². The summed E-state index contributed by atoms with van der Waals surface area (Å²) in [5.74, 6) is 0.861. The Morgan fingerprint density at radius 3 is 2.55 bits per heavy atom. The zero-order valence-corrected chi connectivity index (χ0v) is 6.48. The summed E-state index contributed by atoms with van der Waals surface area (Å²) in [6.07, 6.45) is 6.11. The highest BCUT2D eigenvalue weighted by Gasteiger charge is 2.40. The van der Waals surface area contributed by atoms with Crippen LogP contribution in [0.4, 0.5) is 0 Å². The van der Waals surface area contributed by atoms with E-state index in [9.17, 15) is 10.2 Å². The largest absolute Gasteiger partial charge is 0.390 e. The summed E-state index contributed by atoms with van der Waals surface area (Å²) in [7, 11) is 0. The molecule has 0 spiro atoms.